The standard InChI is InChI=1S/C24H26O4/c1-4-5-6-7-11-14-19-15-20(26-17-18-12-9-8-10-13-18)16-21-22(19)23(25)28-24(2,3)27-21/h8-10,12-13,15-16H,4-7,17H2,1-3H3. The average molecular weight is 378 g/mol. The van der Waals surface area contributed by atoms with Gasteiger partial charge in [-0.05, 0) is 18.1 Å². The SMILES string of the molecule is CCCCCC#Cc1cc(OCc2ccccc2)cc2c1C(=O)OC(C)(C)O2. The Kier molecular flexibility index (Phi) is 6.26. The summed E-state index contributed by atoms with van der Waals surface area (Å²) in [6, 6.07) is 13.4. The van der Waals surface area contributed by atoms with Crippen LogP contribution in [0.4, 0.5) is 0 Å². The molecule has 1 heterocycles. The number of unbranched alkanes of at least 4 members (excludes halogenated alkanes) is 3. The van der Waals surface area contributed by atoms with Crippen LogP contribution in [-0.2, 0) is 11.3 Å². The molecule has 2 aromatic carbocycles. The van der Waals surface area contributed by atoms with Crippen molar-refractivity contribution in [2.45, 2.75) is 58.8 Å². The topological polar surface area (TPSA) is 44.8 Å². The van der Waals surface area contributed by atoms with Gasteiger partial charge in [0, 0.05) is 31.9 Å². The third-order valence-corrected chi connectivity index (χ3v) is 4.35. The molecule has 0 radical (unpaired) electrons. The minimum Gasteiger partial charge on any atom is -0.489 e. The van der Waals surface area contributed by atoms with Crippen LogP contribution in [0.2, 0.25) is 0 Å². The smallest absolute Gasteiger partial charge is 0.346 e. The van der Waals surface area contributed by atoms with E-state index in [9.17, 15) is 4.79 Å². The molecule has 1 aliphatic rings. The fourth-order valence-corrected chi connectivity index (χ4v) is 2.99. The summed E-state index contributed by atoms with van der Waals surface area (Å²) in [5.74, 6) is 5.90. The quantitative estimate of drug-likeness (QED) is 0.379. The number of carbonyl (C=O) groups is 1. The van der Waals surface area contributed by atoms with Crippen molar-refractivity contribution in [1.29, 1.82) is 0 Å². The summed E-state index contributed by atoms with van der Waals surface area (Å²) in [4.78, 5) is 12.5. The average Bonchev–Trinajstić information content (AvgIpc) is 2.65. The van der Waals surface area contributed by atoms with Gasteiger partial charge in [-0.15, -0.1) is 0 Å². The van der Waals surface area contributed by atoms with E-state index in [0.717, 1.165) is 31.2 Å². The number of hydrogen-bond acceptors (Lipinski definition) is 4. The first kappa shape index (κ1) is 19.8. The maximum atomic E-state index is 12.5. The van der Waals surface area contributed by atoms with Crippen molar-refractivity contribution in [3.63, 3.8) is 0 Å². The zero-order chi connectivity index (χ0) is 20.0. The van der Waals surface area contributed by atoms with Gasteiger partial charge in [-0.1, -0.05) is 61.9 Å². The number of esters is 1. The predicted molar refractivity (Wildman–Crippen MR) is 108 cm³/mol. The van der Waals surface area contributed by atoms with Gasteiger partial charge in [0.1, 0.15) is 23.7 Å². The zero-order valence-corrected chi connectivity index (χ0v) is 16.7. The molecule has 0 fully saturated rings. The molecule has 0 aliphatic carbocycles. The van der Waals surface area contributed by atoms with Crippen molar-refractivity contribution in [2.75, 3.05) is 0 Å². The van der Waals surface area contributed by atoms with Crippen LogP contribution in [0.15, 0.2) is 42.5 Å². The van der Waals surface area contributed by atoms with Crippen LogP contribution in [0.3, 0.4) is 0 Å². The summed E-state index contributed by atoms with van der Waals surface area (Å²) in [5.41, 5.74) is 2.01. The summed E-state index contributed by atoms with van der Waals surface area (Å²) in [5, 5.41) is 0. The molecule has 0 atom stereocenters. The predicted octanol–water partition coefficient (Wildman–Crippen LogP) is 5.48. The summed E-state index contributed by atoms with van der Waals surface area (Å²) >= 11 is 0. The molecule has 146 valence electrons. The van der Waals surface area contributed by atoms with Gasteiger partial charge >= 0.3 is 5.97 Å². The first-order valence-electron chi connectivity index (χ1n) is 9.74. The lowest BCUT2D eigenvalue weighted by Crippen LogP contribution is -2.39. The number of cyclic esters (lactones) is 1. The van der Waals surface area contributed by atoms with Gasteiger partial charge in [0.2, 0.25) is 5.79 Å². The molecule has 0 spiro atoms. The third-order valence-electron chi connectivity index (χ3n) is 4.35. The van der Waals surface area contributed by atoms with Crippen molar-refractivity contribution in [2.24, 2.45) is 0 Å². The highest BCUT2D eigenvalue weighted by Crippen LogP contribution is 2.36. The second kappa shape index (κ2) is 8.84. The fraction of sp³-hybridized carbons (Fsp3) is 0.375. The lowest BCUT2D eigenvalue weighted by Gasteiger charge is -2.32. The Bertz CT molecular complexity index is 888. The van der Waals surface area contributed by atoms with Crippen molar-refractivity contribution in [1.82, 2.24) is 0 Å². The van der Waals surface area contributed by atoms with Crippen molar-refractivity contribution in [3.05, 3.63) is 59.2 Å². The van der Waals surface area contributed by atoms with Gasteiger partial charge in [-0.3, -0.25) is 0 Å². The Hall–Kier alpha value is -2.93. The lowest BCUT2D eigenvalue weighted by molar-refractivity contribution is -0.127. The van der Waals surface area contributed by atoms with Gasteiger partial charge in [0.05, 0.1) is 0 Å². The van der Waals surface area contributed by atoms with E-state index in [4.69, 9.17) is 14.2 Å². The largest absolute Gasteiger partial charge is 0.489 e. The molecule has 4 heteroatoms. The van der Waals surface area contributed by atoms with Gasteiger partial charge in [0.25, 0.3) is 0 Å². The monoisotopic (exact) mass is 378 g/mol. The molecular formula is C24H26O4. The number of hydrogen-bond donors (Lipinski definition) is 0. The fourth-order valence-electron chi connectivity index (χ4n) is 2.99. The van der Waals surface area contributed by atoms with Crippen LogP contribution >= 0.6 is 0 Å². The van der Waals surface area contributed by atoms with E-state index in [1.54, 1.807) is 26.0 Å². The molecule has 4 nitrogen and oxygen atoms in total. The normalized spacial score (nSPS) is 14.2. The van der Waals surface area contributed by atoms with Crippen LogP contribution in [0.1, 0.15) is 67.9 Å². The van der Waals surface area contributed by atoms with E-state index in [2.05, 4.69) is 18.8 Å². The molecule has 0 N–H and O–H groups in total. The minimum absolute atomic E-state index is 0.370. The summed E-state index contributed by atoms with van der Waals surface area (Å²) < 4.78 is 17.2. The van der Waals surface area contributed by atoms with E-state index in [0.29, 0.717) is 29.2 Å². The van der Waals surface area contributed by atoms with Crippen LogP contribution in [0.25, 0.3) is 0 Å². The highest BCUT2D eigenvalue weighted by atomic mass is 16.7. The number of ether oxygens (including phenoxy) is 3. The van der Waals surface area contributed by atoms with Crippen LogP contribution in [0.5, 0.6) is 11.5 Å². The Labute approximate surface area is 166 Å². The number of fused-ring (bicyclic) bond motifs is 1. The Morgan fingerprint density at radius 1 is 1.07 bits per heavy atom. The van der Waals surface area contributed by atoms with Gasteiger partial charge in [-0.2, -0.15) is 0 Å². The van der Waals surface area contributed by atoms with E-state index >= 15 is 0 Å². The second-order valence-electron chi connectivity index (χ2n) is 7.27. The molecule has 0 saturated heterocycles. The van der Waals surface area contributed by atoms with E-state index in [1.165, 1.54) is 0 Å². The van der Waals surface area contributed by atoms with Crippen molar-refractivity contribution in [3.8, 4) is 23.3 Å². The van der Waals surface area contributed by atoms with Crippen molar-refractivity contribution >= 4 is 5.97 Å². The summed E-state index contributed by atoms with van der Waals surface area (Å²) in [6.45, 7) is 6.01. The Morgan fingerprint density at radius 3 is 2.61 bits per heavy atom. The lowest BCUT2D eigenvalue weighted by atomic mass is 10.0. The maximum Gasteiger partial charge on any atom is 0.346 e. The molecule has 0 bridgehead atoms. The molecule has 0 aromatic heterocycles. The molecule has 1 aliphatic heterocycles. The Balaban J connectivity index is 1.88. The highest BCUT2D eigenvalue weighted by Gasteiger charge is 2.36. The molecule has 28 heavy (non-hydrogen) atoms. The molecule has 0 amide bonds. The first-order valence-corrected chi connectivity index (χ1v) is 9.74. The molecular weight excluding hydrogens is 352 g/mol. The molecule has 3 rings (SSSR count). The number of benzene rings is 2. The molecule has 0 unspecified atom stereocenters. The van der Waals surface area contributed by atoms with Crippen molar-refractivity contribution < 1.29 is 19.0 Å². The van der Waals surface area contributed by atoms with Gasteiger partial charge in [-0.25, -0.2) is 4.79 Å². The van der Waals surface area contributed by atoms with Crippen LogP contribution in [-0.4, -0.2) is 11.8 Å². The minimum atomic E-state index is -1.02. The zero-order valence-electron chi connectivity index (χ0n) is 16.7. The second-order valence-corrected chi connectivity index (χ2v) is 7.27. The summed E-state index contributed by atoms with van der Waals surface area (Å²) in [7, 11) is 0. The number of rotatable bonds is 6. The van der Waals surface area contributed by atoms with Crippen LogP contribution in [0, 0.1) is 11.8 Å². The van der Waals surface area contributed by atoms with Crippen LogP contribution < -0.4 is 9.47 Å². The maximum absolute atomic E-state index is 12.5. The van der Waals surface area contributed by atoms with Gasteiger partial charge in [0.15, 0.2) is 0 Å². The van der Waals surface area contributed by atoms with E-state index < -0.39 is 11.8 Å². The molecule has 2 aromatic rings. The first-order chi connectivity index (χ1) is 13.5. The third kappa shape index (κ3) is 5.07. The summed E-state index contributed by atoms with van der Waals surface area (Å²) in [6.07, 6.45) is 4.13. The Morgan fingerprint density at radius 2 is 1.86 bits per heavy atom. The highest BCUT2D eigenvalue weighted by molar-refractivity contribution is 5.96. The van der Waals surface area contributed by atoms with Gasteiger partial charge < -0.3 is 14.2 Å². The number of carbonyl (C=O) groups excluding carboxylic acids is 1. The van der Waals surface area contributed by atoms with E-state index in [-0.39, 0.29) is 0 Å². The molecule has 0 saturated carbocycles. The van der Waals surface area contributed by atoms with E-state index in [1.807, 2.05) is 30.3 Å².